The van der Waals surface area contributed by atoms with Crippen molar-refractivity contribution in [1.29, 1.82) is 0 Å². The van der Waals surface area contributed by atoms with E-state index in [0.29, 0.717) is 31.9 Å². The highest BCUT2D eigenvalue weighted by molar-refractivity contribution is 7.83. The summed E-state index contributed by atoms with van der Waals surface area (Å²) in [6.45, 7) is 2.20. The molecule has 4 fully saturated rings. The van der Waals surface area contributed by atoms with Crippen molar-refractivity contribution < 1.29 is 22.2 Å². The molecule has 0 bridgehead atoms. The van der Waals surface area contributed by atoms with Crippen LogP contribution >= 0.6 is 0 Å². The molecule has 1 aliphatic carbocycles. The molecule has 1 unspecified atom stereocenters. The van der Waals surface area contributed by atoms with Gasteiger partial charge >= 0.3 is 12.2 Å². The third kappa shape index (κ3) is 2.75. The van der Waals surface area contributed by atoms with E-state index in [2.05, 4.69) is 9.71 Å². The van der Waals surface area contributed by atoms with Gasteiger partial charge in [-0.2, -0.15) is 13.2 Å². The number of hydrogen-bond donors (Lipinski definition) is 1. The summed E-state index contributed by atoms with van der Waals surface area (Å²) in [6, 6.07) is 3.18. The van der Waals surface area contributed by atoms with Gasteiger partial charge in [-0.05, 0) is 30.9 Å². The first-order valence-corrected chi connectivity index (χ1v) is 10.8. The van der Waals surface area contributed by atoms with Gasteiger partial charge in [-0.1, -0.05) is 6.07 Å². The lowest BCUT2D eigenvalue weighted by atomic mass is 9.88. The highest BCUT2D eigenvalue weighted by Crippen LogP contribution is 2.58. The molecule has 5 rings (SSSR count). The van der Waals surface area contributed by atoms with Gasteiger partial charge in [0, 0.05) is 49.7 Å². The zero-order valence-electron chi connectivity index (χ0n) is 15.2. The number of pyridine rings is 1. The zero-order chi connectivity index (χ0) is 19.7. The van der Waals surface area contributed by atoms with Crippen molar-refractivity contribution in [1.82, 2.24) is 19.5 Å². The van der Waals surface area contributed by atoms with Gasteiger partial charge in [-0.25, -0.2) is 13.7 Å². The van der Waals surface area contributed by atoms with Crippen LogP contribution in [0.15, 0.2) is 18.3 Å². The molecule has 3 saturated heterocycles. The molecule has 0 radical (unpaired) electrons. The summed E-state index contributed by atoms with van der Waals surface area (Å²) in [5, 5.41) is 0. The minimum atomic E-state index is -4.23. The first-order valence-electron chi connectivity index (χ1n) is 9.45. The fourth-order valence-corrected chi connectivity index (χ4v) is 5.88. The smallest absolute Gasteiger partial charge is 0.323 e. The van der Waals surface area contributed by atoms with Crippen LogP contribution < -0.4 is 4.72 Å². The van der Waals surface area contributed by atoms with Crippen LogP contribution in [0, 0.1) is 0 Å². The van der Waals surface area contributed by atoms with Crippen molar-refractivity contribution >= 4 is 17.0 Å². The molecule has 0 aromatic carbocycles. The van der Waals surface area contributed by atoms with Crippen LogP contribution in [0.3, 0.4) is 0 Å². The van der Waals surface area contributed by atoms with Gasteiger partial charge < -0.3 is 9.80 Å². The Morgan fingerprint density at radius 3 is 2.39 bits per heavy atom. The van der Waals surface area contributed by atoms with Crippen molar-refractivity contribution in [2.75, 3.05) is 31.9 Å². The Morgan fingerprint density at radius 1 is 1.18 bits per heavy atom. The quantitative estimate of drug-likeness (QED) is 0.804. The predicted molar refractivity (Wildman–Crippen MR) is 96.0 cm³/mol. The highest BCUT2D eigenvalue weighted by Gasteiger charge is 2.64. The maximum absolute atomic E-state index is 13.2. The Bertz CT molecular complexity index is 828. The lowest BCUT2D eigenvalue weighted by Gasteiger charge is -2.51. The van der Waals surface area contributed by atoms with Crippen molar-refractivity contribution in [3.63, 3.8) is 0 Å². The molecular weight excluding hydrogens is 393 g/mol. The standard InChI is InChI=1S/C18H21F3N4O2S/c19-18(20,21)17(3-4-17)13-1-2-14(22-7-13)12-8-24(9-12)15(26)25-10-16(11-25)5-6-28(27)23-16/h1-2,7,12,23H,3-6,8-11H2. The Kier molecular flexibility index (Phi) is 3.88. The van der Waals surface area contributed by atoms with Gasteiger partial charge in [0.1, 0.15) is 0 Å². The second kappa shape index (κ2) is 5.91. The van der Waals surface area contributed by atoms with Gasteiger partial charge in [0.15, 0.2) is 0 Å². The molecule has 4 aliphatic rings. The predicted octanol–water partition coefficient (Wildman–Crippen LogP) is 1.91. The summed E-state index contributed by atoms with van der Waals surface area (Å²) in [7, 11) is -0.988. The lowest BCUT2D eigenvalue weighted by Crippen LogP contribution is -2.70. The monoisotopic (exact) mass is 414 g/mol. The molecule has 4 heterocycles. The Balaban J connectivity index is 1.16. The molecular formula is C18H21F3N4O2S. The Labute approximate surface area is 163 Å². The average molecular weight is 414 g/mol. The third-order valence-corrected chi connectivity index (χ3v) is 7.79. The number of urea groups is 1. The fraction of sp³-hybridized carbons (Fsp3) is 0.667. The summed E-state index contributed by atoms with van der Waals surface area (Å²) in [5.74, 6) is 0.692. The third-order valence-electron chi connectivity index (χ3n) is 6.56. The van der Waals surface area contributed by atoms with Gasteiger partial charge in [0.2, 0.25) is 0 Å². The van der Waals surface area contributed by atoms with E-state index in [9.17, 15) is 22.2 Å². The molecule has 2 amide bonds. The highest BCUT2D eigenvalue weighted by atomic mass is 32.2. The van der Waals surface area contributed by atoms with Crippen molar-refractivity contribution in [2.24, 2.45) is 0 Å². The summed E-state index contributed by atoms with van der Waals surface area (Å²) in [4.78, 5) is 20.3. The summed E-state index contributed by atoms with van der Waals surface area (Å²) < 4.78 is 54.2. The van der Waals surface area contributed by atoms with E-state index in [1.165, 1.54) is 6.20 Å². The normalized spacial score (nSPS) is 28.2. The van der Waals surface area contributed by atoms with Crippen LogP contribution in [0.4, 0.5) is 18.0 Å². The summed E-state index contributed by atoms with van der Waals surface area (Å²) in [5.41, 5.74) is -0.910. The van der Waals surface area contributed by atoms with Gasteiger partial charge in [0.05, 0.1) is 21.9 Å². The number of amides is 2. The van der Waals surface area contributed by atoms with Crippen LogP contribution in [0.2, 0.25) is 0 Å². The number of carbonyl (C=O) groups excluding carboxylic acids is 1. The fourth-order valence-electron chi connectivity index (χ4n) is 4.49. The molecule has 1 N–H and O–H groups in total. The molecule has 28 heavy (non-hydrogen) atoms. The molecule has 1 aromatic rings. The number of alkyl halides is 3. The van der Waals surface area contributed by atoms with Gasteiger partial charge in [-0.15, -0.1) is 0 Å². The molecule has 6 nitrogen and oxygen atoms in total. The number of rotatable bonds is 2. The summed E-state index contributed by atoms with van der Waals surface area (Å²) in [6.07, 6.45) is -1.80. The zero-order valence-corrected chi connectivity index (χ0v) is 16.0. The van der Waals surface area contributed by atoms with E-state index < -0.39 is 22.6 Å². The van der Waals surface area contributed by atoms with E-state index in [4.69, 9.17) is 0 Å². The van der Waals surface area contributed by atoms with Crippen LogP contribution in [-0.2, 0) is 16.4 Å². The number of nitrogens with one attached hydrogen (secondary N) is 1. The molecule has 1 saturated carbocycles. The second-order valence-corrected chi connectivity index (χ2v) is 9.78. The Morgan fingerprint density at radius 2 is 1.89 bits per heavy atom. The molecule has 1 atom stereocenters. The van der Waals surface area contributed by atoms with Crippen LogP contribution in [0.25, 0.3) is 0 Å². The molecule has 10 heteroatoms. The largest absolute Gasteiger partial charge is 0.398 e. The van der Waals surface area contributed by atoms with E-state index in [-0.39, 0.29) is 35.9 Å². The SMILES string of the molecule is O=C(N1CC(c2ccc(C3(C(F)(F)F)CC3)cn2)C1)N1CC2(CCS(=O)N2)C1. The van der Waals surface area contributed by atoms with E-state index in [1.807, 2.05) is 0 Å². The molecule has 1 aromatic heterocycles. The maximum Gasteiger partial charge on any atom is 0.398 e. The summed E-state index contributed by atoms with van der Waals surface area (Å²) >= 11 is 0. The maximum atomic E-state index is 13.2. The number of halogens is 3. The molecule has 1 spiro atoms. The number of nitrogens with zero attached hydrogens (tertiary/aromatic N) is 3. The van der Waals surface area contributed by atoms with E-state index in [1.54, 1.807) is 21.9 Å². The van der Waals surface area contributed by atoms with Gasteiger partial charge in [-0.3, -0.25) is 4.98 Å². The lowest BCUT2D eigenvalue weighted by molar-refractivity contribution is -0.160. The van der Waals surface area contributed by atoms with E-state index >= 15 is 0 Å². The topological polar surface area (TPSA) is 65.5 Å². The average Bonchev–Trinajstić information content (AvgIpc) is 3.30. The number of aromatic nitrogens is 1. The first-order chi connectivity index (χ1) is 13.2. The second-order valence-electron chi connectivity index (χ2n) is 8.47. The van der Waals surface area contributed by atoms with Crippen LogP contribution in [0.5, 0.6) is 0 Å². The Hall–Kier alpha value is -1.68. The molecule has 3 aliphatic heterocycles. The van der Waals surface area contributed by atoms with Crippen LogP contribution in [-0.4, -0.2) is 68.7 Å². The van der Waals surface area contributed by atoms with Gasteiger partial charge in [0.25, 0.3) is 0 Å². The number of hydrogen-bond acceptors (Lipinski definition) is 3. The van der Waals surface area contributed by atoms with Crippen molar-refractivity contribution in [2.45, 2.75) is 42.3 Å². The number of carbonyl (C=O) groups is 1. The van der Waals surface area contributed by atoms with E-state index in [0.717, 1.165) is 12.1 Å². The molecule has 152 valence electrons. The first kappa shape index (κ1) is 18.4. The van der Waals surface area contributed by atoms with Crippen molar-refractivity contribution in [3.8, 4) is 0 Å². The van der Waals surface area contributed by atoms with Crippen LogP contribution in [0.1, 0.15) is 36.4 Å². The minimum absolute atomic E-state index is 0.0352. The minimum Gasteiger partial charge on any atom is -0.323 e. The number of likely N-dealkylation sites (tertiary alicyclic amines) is 2. The van der Waals surface area contributed by atoms with Crippen molar-refractivity contribution in [3.05, 3.63) is 29.6 Å².